The highest BCUT2D eigenvalue weighted by Gasteiger charge is 2.38. The summed E-state index contributed by atoms with van der Waals surface area (Å²) in [6.07, 6.45) is 1.42. The van der Waals surface area contributed by atoms with Crippen molar-refractivity contribution in [1.29, 1.82) is 0 Å². The third-order valence-electron chi connectivity index (χ3n) is 2.22. The highest BCUT2D eigenvalue weighted by Crippen LogP contribution is 2.36. The van der Waals surface area contributed by atoms with Gasteiger partial charge in [0.15, 0.2) is 0 Å². The van der Waals surface area contributed by atoms with Gasteiger partial charge in [-0.1, -0.05) is 6.92 Å². The molecule has 0 amide bonds. The highest BCUT2D eigenvalue weighted by molar-refractivity contribution is 8.00. The molecule has 1 N–H and O–H groups in total. The molecular weight excluding hydrogens is 190 g/mol. The minimum absolute atomic E-state index is 0.0116. The second-order valence-corrected chi connectivity index (χ2v) is 4.27. The van der Waals surface area contributed by atoms with Crippen LogP contribution < -0.4 is 0 Å². The zero-order valence-corrected chi connectivity index (χ0v) is 8.45. The number of oxime groups is 1. The first-order chi connectivity index (χ1) is 6.20. The Labute approximate surface area is 81.3 Å². The van der Waals surface area contributed by atoms with Crippen LogP contribution in [0.15, 0.2) is 5.16 Å². The molecule has 0 bridgehead atoms. The second kappa shape index (κ2) is 4.50. The van der Waals surface area contributed by atoms with E-state index in [1.54, 1.807) is 11.8 Å². The molecule has 0 aliphatic carbocycles. The largest absolute Gasteiger partial charge is 0.468 e. The van der Waals surface area contributed by atoms with E-state index in [0.29, 0.717) is 5.92 Å². The standard InChI is InChI=1S/C8H13NO3S/c1-5-4-13-7(8(10)12-2)6(5)3-9-11/h3,5-7,11H,4H2,1-2H3. The summed E-state index contributed by atoms with van der Waals surface area (Å²) in [5.74, 6) is 1.00. The quantitative estimate of drug-likeness (QED) is 0.314. The molecule has 1 saturated heterocycles. The molecule has 5 heteroatoms. The Bertz CT molecular complexity index is 219. The minimum atomic E-state index is -0.237. The average Bonchev–Trinajstić information content (AvgIpc) is 2.48. The fraction of sp³-hybridized carbons (Fsp3) is 0.750. The van der Waals surface area contributed by atoms with Crippen LogP contribution in [0.1, 0.15) is 6.92 Å². The van der Waals surface area contributed by atoms with E-state index in [4.69, 9.17) is 5.21 Å². The third-order valence-corrected chi connectivity index (χ3v) is 3.80. The van der Waals surface area contributed by atoms with Gasteiger partial charge < -0.3 is 9.94 Å². The van der Waals surface area contributed by atoms with Gasteiger partial charge in [0, 0.05) is 12.1 Å². The lowest BCUT2D eigenvalue weighted by Gasteiger charge is -2.14. The normalized spacial score (nSPS) is 33.8. The number of rotatable bonds is 2. The lowest BCUT2D eigenvalue weighted by molar-refractivity contribution is -0.140. The van der Waals surface area contributed by atoms with E-state index >= 15 is 0 Å². The SMILES string of the molecule is COC(=O)C1SCC(C)C1C=NO. The van der Waals surface area contributed by atoms with Gasteiger partial charge >= 0.3 is 5.97 Å². The second-order valence-electron chi connectivity index (χ2n) is 3.10. The number of hydrogen-bond acceptors (Lipinski definition) is 5. The Hall–Kier alpha value is -0.710. The van der Waals surface area contributed by atoms with E-state index < -0.39 is 0 Å². The number of carbonyl (C=O) groups is 1. The average molecular weight is 203 g/mol. The van der Waals surface area contributed by atoms with Crippen LogP contribution >= 0.6 is 11.8 Å². The van der Waals surface area contributed by atoms with Crippen molar-refractivity contribution < 1.29 is 14.7 Å². The summed E-state index contributed by atoms with van der Waals surface area (Å²) in [4.78, 5) is 11.3. The molecule has 1 fully saturated rings. The Balaban J connectivity index is 2.69. The van der Waals surface area contributed by atoms with Crippen molar-refractivity contribution in [1.82, 2.24) is 0 Å². The van der Waals surface area contributed by atoms with Crippen molar-refractivity contribution in [3.8, 4) is 0 Å². The molecule has 4 nitrogen and oxygen atoms in total. The van der Waals surface area contributed by atoms with Gasteiger partial charge in [0.05, 0.1) is 7.11 Å². The van der Waals surface area contributed by atoms with Crippen LogP contribution in [-0.2, 0) is 9.53 Å². The number of esters is 1. The predicted molar refractivity (Wildman–Crippen MR) is 51.2 cm³/mol. The van der Waals surface area contributed by atoms with Crippen molar-refractivity contribution in [3.05, 3.63) is 0 Å². The van der Waals surface area contributed by atoms with Gasteiger partial charge in [0.2, 0.25) is 0 Å². The molecule has 3 unspecified atom stereocenters. The van der Waals surface area contributed by atoms with Crippen LogP contribution in [-0.4, -0.2) is 35.5 Å². The molecule has 1 rings (SSSR count). The molecule has 13 heavy (non-hydrogen) atoms. The number of nitrogens with zero attached hydrogens (tertiary/aromatic N) is 1. The summed E-state index contributed by atoms with van der Waals surface area (Å²) in [6, 6.07) is 0. The Morgan fingerprint density at radius 3 is 3.00 bits per heavy atom. The molecule has 1 aliphatic rings. The first-order valence-corrected chi connectivity index (χ1v) is 5.12. The molecule has 0 aromatic heterocycles. The summed E-state index contributed by atoms with van der Waals surface area (Å²) in [7, 11) is 1.37. The molecule has 0 aromatic rings. The number of methoxy groups -OCH3 is 1. The van der Waals surface area contributed by atoms with Crippen LogP contribution in [0.3, 0.4) is 0 Å². The Kier molecular flexibility index (Phi) is 3.59. The van der Waals surface area contributed by atoms with Crippen molar-refractivity contribution in [3.63, 3.8) is 0 Å². The van der Waals surface area contributed by atoms with Crippen LogP contribution in [0.5, 0.6) is 0 Å². The smallest absolute Gasteiger partial charge is 0.319 e. The van der Waals surface area contributed by atoms with Gasteiger partial charge in [-0.2, -0.15) is 0 Å². The number of thioether (sulfide) groups is 1. The fourth-order valence-electron chi connectivity index (χ4n) is 1.42. The first kappa shape index (κ1) is 10.4. The van der Waals surface area contributed by atoms with Gasteiger partial charge in [-0.25, -0.2) is 0 Å². The van der Waals surface area contributed by atoms with Crippen molar-refractivity contribution >= 4 is 23.9 Å². The maximum Gasteiger partial charge on any atom is 0.319 e. The van der Waals surface area contributed by atoms with E-state index in [1.165, 1.54) is 13.3 Å². The topological polar surface area (TPSA) is 58.9 Å². The Morgan fingerprint density at radius 1 is 1.77 bits per heavy atom. The van der Waals surface area contributed by atoms with Crippen LogP contribution in [0.25, 0.3) is 0 Å². The van der Waals surface area contributed by atoms with E-state index in [2.05, 4.69) is 9.89 Å². The third kappa shape index (κ3) is 2.15. The van der Waals surface area contributed by atoms with Gasteiger partial charge in [0.25, 0.3) is 0 Å². The van der Waals surface area contributed by atoms with Crippen LogP contribution in [0.2, 0.25) is 0 Å². The summed E-state index contributed by atoms with van der Waals surface area (Å²) >= 11 is 1.55. The number of hydrogen-bond donors (Lipinski definition) is 1. The summed E-state index contributed by atoms with van der Waals surface area (Å²) in [5.41, 5.74) is 0. The molecule has 0 saturated carbocycles. The molecule has 3 atom stereocenters. The van der Waals surface area contributed by atoms with Crippen LogP contribution in [0, 0.1) is 11.8 Å². The summed E-state index contributed by atoms with van der Waals surface area (Å²) in [6.45, 7) is 2.03. The van der Waals surface area contributed by atoms with Gasteiger partial charge in [-0.15, -0.1) is 16.9 Å². The molecule has 0 aromatic carbocycles. The van der Waals surface area contributed by atoms with Gasteiger partial charge in [-0.05, 0) is 11.7 Å². The van der Waals surface area contributed by atoms with E-state index in [-0.39, 0.29) is 17.1 Å². The molecule has 1 heterocycles. The van der Waals surface area contributed by atoms with E-state index in [9.17, 15) is 4.79 Å². The monoisotopic (exact) mass is 203 g/mol. The van der Waals surface area contributed by atoms with Crippen molar-refractivity contribution in [2.24, 2.45) is 17.0 Å². The van der Waals surface area contributed by atoms with Crippen molar-refractivity contribution in [2.45, 2.75) is 12.2 Å². The molecule has 0 spiro atoms. The van der Waals surface area contributed by atoms with Crippen LogP contribution in [0.4, 0.5) is 0 Å². The zero-order valence-electron chi connectivity index (χ0n) is 7.64. The van der Waals surface area contributed by atoms with Gasteiger partial charge in [-0.3, -0.25) is 4.79 Å². The Morgan fingerprint density at radius 2 is 2.46 bits per heavy atom. The lowest BCUT2D eigenvalue weighted by atomic mass is 9.94. The fourth-order valence-corrected chi connectivity index (χ4v) is 2.95. The van der Waals surface area contributed by atoms with E-state index in [0.717, 1.165) is 5.75 Å². The molecular formula is C8H13NO3S. The maximum atomic E-state index is 11.3. The molecule has 1 aliphatic heterocycles. The number of ether oxygens (including phenoxy) is 1. The summed E-state index contributed by atoms with van der Waals surface area (Å²) < 4.78 is 4.66. The van der Waals surface area contributed by atoms with E-state index in [1.807, 2.05) is 6.92 Å². The number of carbonyl (C=O) groups excluding carboxylic acids is 1. The first-order valence-electron chi connectivity index (χ1n) is 4.07. The maximum absolute atomic E-state index is 11.3. The molecule has 0 radical (unpaired) electrons. The van der Waals surface area contributed by atoms with Gasteiger partial charge in [0.1, 0.15) is 5.25 Å². The minimum Gasteiger partial charge on any atom is -0.468 e. The predicted octanol–water partition coefficient (Wildman–Crippen LogP) is 0.987. The zero-order chi connectivity index (χ0) is 9.84. The molecule has 74 valence electrons. The van der Waals surface area contributed by atoms with Crippen molar-refractivity contribution in [2.75, 3.05) is 12.9 Å². The highest BCUT2D eigenvalue weighted by atomic mass is 32.2. The summed E-state index contributed by atoms with van der Waals surface area (Å²) in [5, 5.41) is 11.2. The lowest BCUT2D eigenvalue weighted by Crippen LogP contribution is -2.27.